The van der Waals surface area contributed by atoms with Gasteiger partial charge in [-0.2, -0.15) is 0 Å². The van der Waals surface area contributed by atoms with Gasteiger partial charge in [0, 0.05) is 6.08 Å². The van der Waals surface area contributed by atoms with Crippen LogP contribution in [0.25, 0.3) is 23.3 Å². The SMILES string of the molecule is Cc1cc(C)c(/C=C/c2nc3ccccc3o2)c(C)c1. The zero-order valence-corrected chi connectivity index (χ0v) is 12.0. The van der Waals surface area contributed by atoms with E-state index in [1.807, 2.05) is 30.3 Å². The highest BCUT2D eigenvalue weighted by atomic mass is 16.3. The number of para-hydroxylation sites is 2. The van der Waals surface area contributed by atoms with Crippen molar-refractivity contribution >= 4 is 23.3 Å². The Bertz CT molecular complexity index is 740. The Balaban J connectivity index is 1.98. The number of aryl methyl sites for hydroxylation is 3. The predicted molar refractivity (Wildman–Crippen MR) is 83.6 cm³/mol. The Morgan fingerprint density at radius 1 is 0.950 bits per heavy atom. The summed E-state index contributed by atoms with van der Waals surface area (Å²) in [5.41, 5.74) is 6.79. The van der Waals surface area contributed by atoms with Gasteiger partial charge in [-0.15, -0.1) is 0 Å². The molecule has 0 fully saturated rings. The van der Waals surface area contributed by atoms with E-state index in [0.29, 0.717) is 5.89 Å². The third-order valence-electron chi connectivity index (χ3n) is 3.44. The normalized spacial score (nSPS) is 11.6. The number of hydrogen-bond acceptors (Lipinski definition) is 2. The first-order valence-electron chi connectivity index (χ1n) is 6.75. The van der Waals surface area contributed by atoms with Crippen LogP contribution in [0.15, 0.2) is 40.8 Å². The molecule has 3 aromatic rings. The predicted octanol–water partition coefficient (Wildman–Crippen LogP) is 4.92. The number of hydrogen-bond donors (Lipinski definition) is 0. The van der Waals surface area contributed by atoms with Crippen molar-refractivity contribution < 1.29 is 4.42 Å². The van der Waals surface area contributed by atoms with Crippen LogP contribution in [0.4, 0.5) is 0 Å². The molecule has 2 heteroatoms. The van der Waals surface area contributed by atoms with Crippen LogP contribution in [-0.4, -0.2) is 4.98 Å². The summed E-state index contributed by atoms with van der Waals surface area (Å²) in [4.78, 5) is 4.45. The summed E-state index contributed by atoms with van der Waals surface area (Å²) < 4.78 is 5.70. The second kappa shape index (κ2) is 4.97. The molecule has 0 aliphatic rings. The van der Waals surface area contributed by atoms with Gasteiger partial charge in [0.05, 0.1) is 0 Å². The van der Waals surface area contributed by atoms with Crippen LogP contribution in [0.1, 0.15) is 28.1 Å². The number of oxazole rings is 1. The van der Waals surface area contributed by atoms with E-state index in [1.165, 1.54) is 22.3 Å². The average Bonchev–Trinajstić information content (AvgIpc) is 2.80. The lowest BCUT2D eigenvalue weighted by molar-refractivity contribution is 0.589. The minimum Gasteiger partial charge on any atom is -0.437 e. The van der Waals surface area contributed by atoms with Crippen LogP contribution in [-0.2, 0) is 0 Å². The summed E-state index contributed by atoms with van der Waals surface area (Å²) in [5, 5.41) is 0. The molecule has 1 aromatic heterocycles. The Morgan fingerprint density at radius 2 is 1.65 bits per heavy atom. The third kappa shape index (κ3) is 2.37. The lowest BCUT2D eigenvalue weighted by Crippen LogP contribution is -1.88. The molecule has 0 atom stereocenters. The maximum Gasteiger partial charge on any atom is 0.220 e. The van der Waals surface area contributed by atoms with Crippen molar-refractivity contribution in [2.45, 2.75) is 20.8 Å². The molecule has 0 unspecified atom stereocenters. The van der Waals surface area contributed by atoms with Gasteiger partial charge in [0.25, 0.3) is 0 Å². The summed E-state index contributed by atoms with van der Waals surface area (Å²) >= 11 is 0. The molecular weight excluding hydrogens is 246 g/mol. The number of nitrogens with zero attached hydrogens (tertiary/aromatic N) is 1. The van der Waals surface area contributed by atoms with Gasteiger partial charge in [-0.05, 0) is 55.7 Å². The smallest absolute Gasteiger partial charge is 0.220 e. The lowest BCUT2D eigenvalue weighted by atomic mass is 9.99. The fourth-order valence-corrected chi connectivity index (χ4v) is 2.57. The summed E-state index contributed by atoms with van der Waals surface area (Å²) in [5.74, 6) is 0.644. The van der Waals surface area contributed by atoms with E-state index in [1.54, 1.807) is 0 Å². The largest absolute Gasteiger partial charge is 0.437 e. The van der Waals surface area contributed by atoms with Crippen LogP contribution >= 0.6 is 0 Å². The molecule has 0 radical (unpaired) electrons. The van der Waals surface area contributed by atoms with Crippen LogP contribution in [0.5, 0.6) is 0 Å². The van der Waals surface area contributed by atoms with E-state index in [9.17, 15) is 0 Å². The molecule has 0 saturated heterocycles. The summed E-state index contributed by atoms with van der Waals surface area (Å²) in [6.07, 6.45) is 4.01. The van der Waals surface area contributed by atoms with Crippen molar-refractivity contribution in [3.8, 4) is 0 Å². The maximum atomic E-state index is 5.70. The van der Waals surface area contributed by atoms with Gasteiger partial charge in [-0.3, -0.25) is 0 Å². The van der Waals surface area contributed by atoms with Gasteiger partial charge < -0.3 is 4.42 Å². The summed E-state index contributed by atoms with van der Waals surface area (Å²) in [6, 6.07) is 12.2. The fraction of sp³-hybridized carbons (Fsp3) is 0.167. The molecule has 2 aromatic carbocycles. The second-order valence-electron chi connectivity index (χ2n) is 5.17. The van der Waals surface area contributed by atoms with E-state index in [2.05, 4.69) is 44.0 Å². The van der Waals surface area contributed by atoms with Crippen molar-refractivity contribution in [3.05, 3.63) is 64.5 Å². The number of benzene rings is 2. The summed E-state index contributed by atoms with van der Waals surface area (Å²) in [6.45, 7) is 6.38. The van der Waals surface area contributed by atoms with Crippen molar-refractivity contribution in [1.82, 2.24) is 4.98 Å². The van der Waals surface area contributed by atoms with Gasteiger partial charge >= 0.3 is 0 Å². The lowest BCUT2D eigenvalue weighted by Gasteiger charge is -2.06. The van der Waals surface area contributed by atoms with E-state index in [-0.39, 0.29) is 0 Å². The Kier molecular flexibility index (Phi) is 3.15. The Morgan fingerprint density at radius 3 is 2.35 bits per heavy atom. The molecule has 0 saturated carbocycles. The molecule has 3 rings (SSSR count). The first-order chi connectivity index (χ1) is 9.63. The summed E-state index contributed by atoms with van der Waals surface area (Å²) in [7, 11) is 0. The van der Waals surface area contributed by atoms with E-state index in [4.69, 9.17) is 4.42 Å². The molecule has 100 valence electrons. The highest BCUT2D eigenvalue weighted by Crippen LogP contribution is 2.20. The fourth-order valence-electron chi connectivity index (χ4n) is 2.57. The molecule has 1 heterocycles. The van der Waals surface area contributed by atoms with Crippen molar-refractivity contribution in [3.63, 3.8) is 0 Å². The minimum atomic E-state index is 0.644. The van der Waals surface area contributed by atoms with Crippen LogP contribution in [0, 0.1) is 20.8 Å². The number of aromatic nitrogens is 1. The molecule has 0 spiro atoms. The monoisotopic (exact) mass is 263 g/mol. The molecule has 0 bridgehead atoms. The first-order valence-corrected chi connectivity index (χ1v) is 6.75. The van der Waals surface area contributed by atoms with Crippen molar-refractivity contribution in [1.29, 1.82) is 0 Å². The second-order valence-corrected chi connectivity index (χ2v) is 5.17. The standard InChI is InChI=1S/C18H17NO/c1-12-10-13(2)15(14(3)11-12)8-9-18-19-16-6-4-5-7-17(16)20-18/h4-11H,1-3H3/b9-8+. The molecule has 20 heavy (non-hydrogen) atoms. The molecule has 0 aliphatic heterocycles. The van der Waals surface area contributed by atoms with Gasteiger partial charge in [-0.1, -0.05) is 29.8 Å². The van der Waals surface area contributed by atoms with E-state index in [0.717, 1.165) is 11.1 Å². The molecule has 0 aliphatic carbocycles. The molecule has 0 amide bonds. The zero-order valence-electron chi connectivity index (χ0n) is 12.0. The topological polar surface area (TPSA) is 26.0 Å². The molecule has 0 N–H and O–H groups in total. The van der Waals surface area contributed by atoms with Crippen molar-refractivity contribution in [2.24, 2.45) is 0 Å². The van der Waals surface area contributed by atoms with Crippen LogP contribution in [0.3, 0.4) is 0 Å². The minimum absolute atomic E-state index is 0.644. The van der Waals surface area contributed by atoms with E-state index >= 15 is 0 Å². The van der Waals surface area contributed by atoms with Gasteiger partial charge in [0.15, 0.2) is 5.58 Å². The van der Waals surface area contributed by atoms with Crippen LogP contribution in [0.2, 0.25) is 0 Å². The van der Waals surface area contributed by atoms with Gasteiger partial charge in [-0.25, -0.2) is 4.98 Å². The third-order valence-corrected chi connectivity index (χ3v) is 3.44. The zero-order chi connectivity index (χ0) is 14.1. The van der Waals surface area contributed by atoms with Gasteiger partial charge in [0.2, 0.25) is 5.89 Å². The Labute approximate surface area is 118 Å². The quantitative estimate of drug-likeness (QED) is 0.655. The first kappa shape index (κ1) is 12.7. The number of rotatable bonds is 2. The van der Waals surface area contributed by atoms with Crippen molar-refractivity contribution in [2.75, 3.05) is 0 Å². The van der Waals surface area contributed by atoms with Crippen LogP contribution < -0.4 is 0 Å². The molecule has 2 nitrogen and oxygen atoms in total. The highest BCUT2D eigenvalue weighted by Gasteiger charge is 2.03. The number of fused-ring (bicyclic) bond motifs is 1. The Hall–Kier alpha value is -2.35. The highest BCUT2D eigenvalue weighted by molar-refractivity contribution is 5.76. The maximum absolute atomic E-state index is 5.70. The average molecular weight is 263 g/mol. The molecular formula is C18H17NO. The van der Waals surface area contributed by atoms with Gasteiger partial charge in [0.1, 0.15) is 5.52 Å². The van der Waals surface area contributed by atoms with E-state index < -0.39 is 0 Å².